The Morgan fingerprint density at radius 2 is 1.83 bits per heavy atom. The van der Waals surface area contributed by atoms with Gasteiger partial charge in [-0.15, -0.1) is 0 Å². The van der Waals surface area contributed by atoms with Gasteiger partial charge in [0.05, 0.1) is 18.2 Å². The Morgan fingerprint density at radius 3 is 2.43 bits per heavy atom. The van der Waals surface area contributed by atoms with Gasteiger partial charge in [0, 0.05) is 30.7 Å². The molecular weight excluding hydrogens is 393 g/mol. The molecule has 0 spiro atoms. The Bertz CT molecular complexity index is 887. The maximum atomic E-state index is 13.2. The molecule has 0 radical (unpaired) electrons. The van der Waals surface area contributed by atoms with Gasteiger partial charge in [0.15, 0.2) is 5.78 Å². The van der Waals surface area contributed by atoms with Crippen molar-refractivity contribution in [1.82, 2.24) is 9.88 Å². The van der Waals surface area contributed by atoms with Crippen LogP contribution in [-0.2, 0) is 12.7 Å². The van der Waals surface area contributed by atoms with Gasteiger partial charge in [-0.05, 0) is 37.3 Å². The number of nitrogens with zero attached hydrogens (tertiary/aromatic N) is 2. The maximum absolute atomic E-state index is 13.2. The van der Waals surface area contributed by atoms with Gasteiger partial charge in [-0.25, -0.2) is 4.98 Å². The van der Waals surface area contributed by atoms with Crippen LogP contribution >= 0.6 is 0 Å². The lowest BCUT2D eigenvalue weighted by atomic mass is 9.75. The molecule has 2 atom stereocenters. The van der Waals surface area contributed by atoms with E-state index >= 15 is 0 Å². The van der Waals surface area contributed by atoms with E-state index in [4.69, 9.17) is 4.74 Å². The molecule has 3 heterocycles. The zero-order valence-electron chi connectivity index (χ0n) is 16.9. The number of rotatable bonds is 5. The SMILES string of the molecule is COc1ncc(C(F)(F)F)cc1C(=O)C1CC2CCCC(C1)N2Cc1ccccc1. The number of alkyl halides is 3. The van der Waals surface area contributed by atoms with Crippen LogP contribution in [0.25, 0.3) is 0 Å². The molecule has 2 saturated heterocycles. The van der Waals surface area contributed by atoms with Crippen LogP contribution in [0.1, 0.15) is 53.6 Å². The van der Waals surface area contributed by atoms with Gasteiger partial charge in [-0.2, -0.15) is 13.2 Å². The summed E-state index contributed by atoms with van der Waals surface area (Å²) in [6, 6.07) is 11.7. The summed E-state index contributed by atoms with van der Waals surface area (Å²) in [6.45, 7) is 0.839. The minimum Gasteiger partial charge on any atom is -0.480 e. The second kappa shape index (κ2) is 8.38. The summed E-state index contributed by atoms with van der Waals surface area (Å²) in [5.74, 6) is -0.641. The molecule has 0 amide bonds. The normalized spacial score (nSPS) is 24.5. The van der Waals surface area contributed by atoms with Crippen LogP contribution in [0, 0.1) is 5.92 Å². The molecule has 160 valence electrons. The fraction of sp³-hybridized carbons (Fsp3) is 0.478. The van der Waals surface area contributed by atoms with Crippen molar-refractivity contribution in [1.29, 1.82) is 0 Å². The number of hydrogen-bond donors (Lipinski definition) is 0. The topological polar surface area (TPSA) is 42.4 Å². The van der Waals surface area contributed by atoms with E-state index in [2.05, 4.69) is 22.0 Å². The highest BCUT2D eigenvalue weighted by Crippen LogP contribution is 2.40. The number of benzene rings is 1. The number of ether oxygens (including phenoxy) is 1. The Balaban J connectivity index is 1.56. The number of piperidine rings is 2. The van der Waals surface area contributed by atoms with Gasteiger partial charge in [-0.1, -0.05) is 36.8 Å². The van der Waals surface area contributed by atoms with Crippen molar-refractivity contribution in [3.8, 4) is 5.88 Å². The first kappa shape index (κ1) is 20.8. The molecule has 1 aromatic heterocycles. The molecule has 30 heavy (non-hydrogen) atoms. The van der Waals surface area contributed by atoms with Crippen LogP contribution in [-0.4, -0.2) is 34.9 Å². The largest absolute Gasteiger partial charge is 0.480 e. The fourth-order valence-electron chi connectivity index (χ4n) is 4.91. The number of hydrogen-bond acceptors (Lipinski definition) is 4. The fourth-order valence-corrected chi connectivity index (χ4v) is 4.91. The molecule has 2 unspecified atom stereocenters. The summed E-state index contributed by atoms with van der Waals surface area (Å²) in [5.41, 5.74) is 0.253. The van der Waals surface area contributed by atoms with Crippen molar-refractivity contribution < 1.29 is 22.7 Å². The summed E-state index contributed by atoms with van der Waals surface area (Å²) in [6.07, 6.45) is 0.603. The number of ketones is 1. The predicted molar refractivity (Wildman–Crippen MR) is 106 cm³/mol. The number of aromatic nitrogens is 1. The lowest BCUT2D eigenvalue weighted by Gasteiger charge is -2.48. The maximum Gasteiger partial charge on any atom is 0.417 e. The van der Waals surface area contributed by atoms with Gasteiger partial charge < -0.3 is 4.74 Å². The van der Waals surface area contributed by atoms with Crippen LogP contribution in [0.2, 0.25) is 0 Å². The number of methoxy groups -OCH3 is 1. The predicted octanol–water partition coefficient (Wildman–Crippen LogP) is 5.13. The number of Topliss-reactive ketones (excluding diaryl/α,β-unsaturated/α-hetero) is 1. The zero-order chi connectivity index (χ0) is 21.3. The molecule has 2 aromatic rings. The summed E-state index contributed by atoms with van der Waals surface area (Å²) in [7, 11) is 1.32. The molecule has 0 N–H and O–H groups in total. The third-order valence-electron chi connectivity index (χ3n) is 6.34. The van der Waals surface area contributed by atoms with Gasteiger partial charge in [-0.3, -0.25) is 9.69 Å². The van der Waals surface area contributed by atoms with Crippen molar-refractivity contribution in [3.63, 3.8) is 0 Å². The Kier molecular flexibility index (Phi) is 5.82. The van der Waals surface area contributed by atoms with E-state index in [-0.39, 0.29) is 35.2 Å². The van der Waals surface area contributed by atoms with Crippen molar-refractivity contribution in [3.05, 3.63) is 59.3 Å². The van der Waals surface area contributed by atoms with E-state index in [0.717, 1.165) is 31.9 Å². The number of fused-ring (bicyclic) bond motifs is 2. The van der Waals surface area contributed by atoms with Crippen LogP contribution in [0.5, 0.6) is 5.88 Å². The van der Waals surface area contributed by atoms with Crippen molar-refractivity contribution in [2.45, 2.75) is 56.9 Å². The average Bonchev–Trinajstić information content (AvgIpc) is 2.72. The van der Waals surface area contributed by atoms with Gasteiger partial charge >= 0.3 is 6.18 Å². The molecule has 7 heteroatoms. The monoisotopic (exact) mass is 418 g/mol. The molecule has 4 nitrogen and oxygen atoms in total. The van der Waals surface area contributed by atoms with Crippen molar-refractivity contribution in [2.24, 2.45) is 5.92 Å². The number of carbonyl (C=O) groups excluding carboxylic acids is 1. The standard InChI is InChI=1S/C23H25F3N2O2/c1-30-22-20(12-17(13-27-22)23(24,25)26)21(29)16-10-18-8-5-9-19(11-16)28(18)14-15-6-3-2-4-7-15/h2-4,6-7,12-13,16,18-19H,5,8-11,14H2,1H3. The highest BCUT2D eigenvalue weighted by Gasteiger charge is 2.42. The molecular formula is C23H25F3N2O2. The molecule has 2 aliphatic heterocycles. The zero-order valence-corrected chi connectivity index (χ0v) is 16.9. The van der Waals surface area contributed by atoms with E-state index < -0.39 is 11.7 Å². The molecule has 4 rings (SSSR count). The second-order valence-corrected chi connectivity index (χ2v) is 8.21. The molecule has 2 bridgehead atoms. The van der Waals surface area contributed by atoms with E-state index in [1.165, 1.54) is 12.7 Å². The summed E-state index contributed by atoms with van der Waals surface area (Å²) in [5, 5.41) is 0. The third kappa shape index (κ3) is 4.21. The Hall–Kier alpha value is -2.41. The minimum absolute atomic E-state index is 0.0372. The number of pyridine rings is 1. The molecule has 1 aromatic carbocycles. The van der Waals surface area contributed by atoms with Gasteiger partial charge in [0.25, 0.3) is 0 Å². The van der Waals surface area contributed by atoms with E-state index in [1.807, 2.05) is 18.2 Å². The first-order chi connectivity index (χ1) is 14.4. The number of halogens is 3. The van der Waals surface area contributed by atoms with Gasteiger partial charge in [0.2, 0.25) is 5.88 Å². The van der Waals surface area contributed by atoms with Crippen LogP contribution in [0.4, 0.5) is 13.2 Å². The summed E-state index contributed by atoms with van der Waals surface area (Å²) in [4.78, 5) is 19.5. The van der Waals surface area contributed by atoms with E-state index in [1.54, 1.807) is 0 Å². The second-order valence-electron chi connectivity index (χ2n) is 8.21. The quantitative estimate of drug-likeness (QED) is 0.632. The van der Waals surface area contributed by atoms with Crippen LogP contribution < -0.4 is 4.74 Å². The summed E-state index contributed by atoms with van der Waals surface area (Å²) < 4.78 is 44.6. The van der Waals surface area contributed by atoms with Crippen molar-refractivity contribution in [2.75, 3.05) is 7.11 Å². The lowest BCUT2D eigenvalue weighted by molar-refractivity contribution is -0.137. The van der Waals surface area contributed by atoms with Crippen molar-refractivity contribution >= 4 is 5.78 Å². The highest BCUT2D eigenvalue weighted by molar-refractivity contribution is 6.00. The number of carbonyl (C=O) groups is 1. The minimum atomic E-state index is -4.55. The Labute approximate surface area is 174 Å². The van der Waals surface area contributed by atoms with Crippen LogP contribution in [0.15, 0.2) is 42.6 Å². The summed E-state index contributed by atoms with van der Waals surface area (Å²) >= 11 is 0. The first-order valence-electron chi connectivity index (χ1n) is 10.3. The lowest BCUT2D eigenvalue weighted by Crippen LogP contribution is -2.52. The molecule has 2 fully saturated rings. The van der Waals surface area contributed by atoms with Crippen LogP contribution in [0.3, 0.4) is 0 Å². The third-order valence-corrected chi connectivity index (χ3v) is 6.34. The highest BCUT2D eigenvalue weighted by atomic mass is 19.4. The smallest absolute Gasteiger partial charge is 0.417 e. The first-order valence-corrected chi connectivity index (χ1v) is 10.3. The molecule has 0 aliphatic carbocycles. The van der Waals surface area contributed by atoms with E-state index in [9.17, 15) is 18.0 Å². The average molecular weight is 418 g/mol. The van der Waals surface area contributed by atoms with E-state index in [0.29, 0.717) is 19.0 Å². The molecule has 2 aliphatic rings. The van der Waals surface area contributed by atoms with Gasteiger partial charge in [0.1, 0.15) is 0 Å². The Morgan fingerprint density at radius 1 is 1.17 bits per heavy atom. The molecule has 0 saturated carbocycles.